The molecule has 4 nitrogen and oxygen atoms in total. The van der Waals surface area contributed by atoms with Gasteiger partial charge in [-0.2, -0.15) is 0 Å². The van der Waals surface area contributed by atoms with E-state index in [1.165, 1.54) is 0 Å². The predicted octanol–water partition coefficient (Wildman–Crippen LogP) is 3.84. The quantitative estimate of drug-likeness (QED) is 0.711. The van der Waals surface area contributed by atoms with Crippen molar-refractivity contribution in [3.8, 4) is 0 Å². The molecule has 0 spiro atoms. The third-order valence-corrected chi connectivity index (χ3v) is 3.85. The number of hydrogen-bond donors (Lipinski definition) is 1. The molecule has 1 N–H and O–H groups in total. The zero-order valence-electron chi connectivity index (χ0n) is 13.6. The van der Waals surface area contributed by atoms with Crippen LogP contribution in [0.15, 0.2) is 60.7 Å². The van der Waals surface area contributed by atoms with Crippen molar-refractivity contribution in [2.45, 2.75) is 32.3 Å². The van der Waals surface area contributed by atoms with E-state index in [0.29, 0.717) is 19.3 Å². The number of rotatable bonds is 9. The summed E-state index contributed by atoms with van der Waals surface area (Å²) in [5.74, 6) is -1.59. The molecule has 0 heterocycles. The van der Waals surface area contributed by atoms with Crippen molar-refractivity contribution < 1.29 is 19.4 Å². The summed E-state index contributed by atoms with van der Waals surface area (Å²) in [6.45, 7) is 0.256. The van der Waals surface area contributed by atoms with Gasteiger partial charge in [0.2, 0.25) is 0 Å². The molecule has 0 aliphatic rings. The number of ether oxygens (including phenoxy) is 1. The van der Waals surface area contributed by atoms with Gasteiger partial charge in [-0.25, -0.2) is 0 Å². The summed E-state index contributed by atoms with van der Waals surface area (Å²) in [6.07, 6.45) is 1.70. The Hall–Kier alpha value is -2.62. The summed E-state index contributed by atoms with van der Waals surface area (Å²) in [4.78, 5) is 23.1. The lowest BCUT2D eigenvalue weighted by Gasteiger charge is -2.12. The van der Waals surface area contributed by atoms with E-state index in [9.17, 15) is 14.7 Å². The minimum absolute atomic E-state index is 0.241. The molecule has 0 aliphatic carbocycles. The molecule has 2 aromatic carbocycles. The molecule has 0 amide bonds. The van der Waals surface area contributed by atoms with Crippen molar-refractivity contribution in [1.29, 1.82) is 0 Å². The van der Waals surface area contributed by atoms with Crippen molar-refractivity contribution in [3.63, 3.8) is 0 Å². The average molecular weight is 326 g/mol. The number of hydrogen-bond acceptors (Lipinski definition) is 3. The lowest BCUT2D eigenvalue weighted by atomic mass is 9.94. The predicted molar refractivity (Wildman–Crippen MR) is 91.4 cm³/mol. The van der Waals surface area contributed by atoms with Crippen LogP contribution in [0.1, 0.15) is 30.4 Å². The summed E-state index contributed by atoms with van der Waals surface area (Å²) in [5.41, 5.74) is 1.94. The number of benzene rings is 2. The highest BCUT2D eigenvalue weighted by atomic mass is 16.5. The molecule has 0 aromatic heterocycles. The minimum Gasteiger partial charge on any atom is -0.481 e. The van der Waals surface area contributed by atoms with E-state index >= 15 is 0 Å². The van der Waals surface area contributed by atoms with Crippen molar-refractivity contribution in [1.82, 2.24) is 0 Å². The first-order valence-electron chi connectivity index (χ1n) is 8.11. The maximum absolute atomic E-state index is 11.8. The highest BCUT2D eigenvalue weighted by Gasteiger charge is 2.18. The Balaban J connectivity index is 1.72. The van der Waals surface area contributed by atoms with Gasteiger partial charge in [-0.15, -0.1) is 0 Å². The molecule has 4 heteroatoms. The highest BCUT2D eigenvalue weighted by Crippen LogP contribution is 2.16. The molecule has 2 aromatic rings. The van der Waals surface area contributed by atoms with Crippen molar-refractivity contribution in [2.24, 2.45) is 5.92 Å². The molecule has 0 radical (unpaired) electrons. The number of esters is 1. The second kappa shape index (κ2) is 9.50. The molecule has 0 fully saturated rings. The SMILES string of the molecule is O=C(CCCC(Cc1ccccc1)C(=O)O)OCc1ccccc1. The van der Waals surface area contributed by atoms with E-state index < -0.39 is 11.9 Å². The highest BCUT2D eigenvalue weighted by molar-refractivity contribution is 5.71. The van der Waals surface area contributed by atoms with Gasteiger partial charge >= 0.3 is 11.9 Å². The molecule has 2 rings (SSSR count). The van der Waals surface area contributed by atoms with Gasteiger partial charge in [0.15, 0.2) is 0 Å². The molecule has 0 bridgehead atoms. The molecular formula is C20H22O4. The fraction of sp³-hybridized carbons (Fsp3) is 0.300. The standard InChI is InChI=1S/C20H22O4/c21-19(24-15-17-10-5-2-6-11-17)13-7-12-18(20(22)23)14-16-8-3-1-4-9-16/h1-6,8-11,18H,7,12-15H2,(H,22,23). The topological polar surface area (TPSA) is 63.6 Å². The van der Waals surface area contributed by atoms with Crippen LogP contribution in [-0.2, 0) is 27.4 Å². The van der Waals surface area contributed by atoms with Gasteiger partial charge in [0.1, 0.15) is 6.61 Å². The van der Waals surface area contributed by atoms with Crippen LogP contribution >= 0.6 is 0 Å². The average Bonchev–Trinajstić information content (AvgIpc) is 2.61. The molecule has 24 heavy (non-hydrogen) atoms. The van der Waals surface area contributed by atoms with E-state index in [0.717, 1.165) is 11.1 Å². The Morgan fingerprint density at radius 3 is 2.08 bits per heavy atom. The maximum Gasteiger partial charge on any atom is 0.306 e. The molecular weight excluding hydrogens is 304 g/mol. The summed E-state index contributed by atoms with van der Waals surface area (Å²) in [7, 11) is 0. The first-order chi connectivity index (χ1) is 11.6. The van der Waals surface area contributed by atoms with Gasteiger partial charge in [-0.3, -0.25) is 9.59 Å². The number of carbonyl (C=O) groups excluding carboxylic acids is 1. The van der Waals surface area contributed by atoms with E-state index in [1.54, 1.807) is 0 Å². The number of aliphatic carboxylic acids is 1. The second-order valence-corrected chi connectivity index (χ2v) is 5.76. The number of carboxylic acid groups (broad SMARTS) is 1. The van der Waals surface area contributed by atoms with Crippen LogP contribution < -0.4 is 0 Å². The van der Waals surface area contributed by atoms with Crippen LogP contribution in [0.5, 0.6) is 0 Å². The summed E-state index contributed by atoms with van der Waals surface area (Å²) >= 11 is 0. The smallest absolute Gasteiger partial charge is 0.306 e. The summed E-state index contributed by atoms with van der Waals surface area (Å²) in [6, 6.07) is 19.0. The fourth-order valence-corrected chi connectivity index (χ4v) is 2.51. The van der Waals surface area contributed by atoms with Gasteiger partial charge < -0.3 is 9.84 Å². The molecule has 1 unspecified atom stereocenters. The third-order valence-electron chi connectivity index (χ3n) is 3.85. The molecule has 0 saturated heterocycles. The first kappa shape index (κ1) is 17.7. The zero-order chi connectivity index (χ0) is 17.2. The van der Waals surface area contributed by atoms with Crippen LogP contribution in [0.25, 0.3) is 0 Å². The largest absolute Gasteiger partial charge is 0.481 e. The van der Waals surface area contributed by atoms with Crippen LogP contribution in [0.4, 0.5) is 0 Å². The summed E-state index contributed by atoms with van der Waals surface area (Å²) < 4.78 is 5.20. The molecule has 1 atom stereocenters. The normalized spacial score (nSPS) is 11.7. The maximum atomic E-state index is 11.8. The monoisotopic (exact) mass is 326 g/mol. The van der Waals surface area contributed by atoms with Gasteiger partial charge in [0, 0.05) is 6.42 Å². The molecule has 0 aliphatic heterocycles. The Morgan fingerprint density at radius 2 is 1.50 bits per heavy atom. The van der Waals surface area contributed by atoms with Crippen molar-refractivity contribution in [3.05, 3.63) is 71.8 Å². The Labute approximate surface area is 142 Å². The summed E-state index contributed by atoms with van der Waals surface area (Å²) in [5, 5.41) is 9.34. The second-order valence-electron chi connectivity index (χ2n) is 5.76. The van der Waals surface area contributed by atoms with Gasteiger partial charge in [0.25, 0.3) is 0 Å². The van der Waals surface area contributed by atoms with E-state index in [-0.39, 0.29) is 19.0 Å². The Morgan fingerprint density at radius 1 is 0.917 bits per heavy atom. The van der Waals surface area contributed by atoms with Crippen LogP contribution in [-0.4, -0.2) is 17.0 Å². The fourth-order valence-electron chi connectivity index (χ4n) is 2.51. The third kappa shape index (κ3) is 6.24. The Bertz CT molecular complexity index is 637. The van der Waals surface area contributed by atoms with E-state index in [4.69, 9.17) is 4.74 Å². The van der Waals surface area contributed by atoms with Crippen LogP contribution in [0.2, 0.25) is 0 Å². The van der Waals surface area contributed by atoms with E-state index in [2.05, 4.69) is 0 Å². The van der Waals surface area contributed by atoms with E-state index in [1.807, 2.05) is 60.7 Å². The van der Waals surface area contributed by atoms with Crippen LogP contribution in [0, 0.1) is 5.92 Å². The Kier molecular flexibility index (Phi) is 7.02. The lowest BCUT2D eigenvalue weighted by Crippen LogP contribution is -2.17. The zero-order valence-corrected chi connectivity index (χ0v) is 13.6. The lowest BCUT2D eigenvalue weighted by molar-refractivity contribution is -0.146. The van der Waals surface area contributed by atoms with Crippen molar-refractivity contribution in [2.75, 3.05) is 0 Å². The molecule has 126 valence electrons. The molecule has 0 saturated carbocycles. The van der Waals surface area contributed by atoms with Gasteiger partial charge in [-0.1, -0.05) is 60.7 Å². The van der Waals surface area contributed by atoms with Gasteiger partial charge in [0.05, 0.1) is 5.92 Å². The number of carbonyl (C=O) groups is 2. The first-order valence-corrected chi connectivity index (χ1v) is 8.11. The minimum atomic E-state index is -0.823. The van der Waals surface area contributed by atoms with Gasteiger partial charge in [-0.05, 0) is 30.4 Å². The van der Waals surface area contributed by atoms with Crippen molar-refractivity contribution >= 4 is 11.9 Å². The van der Waals surface area contributed by atoms with Crippen LogP contribution in [0.3, 0.4) is 0 Å². The number of carboxylic acids is 1.